The molecule has 0 spiro atoms. The van der Waals surface area contributed by atoms with Gasteiger partial charge in [0.05, 0.1) is 5.69 Å². The second kappa shape index (κ2) is 5.13. The molecule has 2 aromatic carbocycles. The molecule has 114 valence electrons. The van der Waals surface area contributed by atoms with Crippen LogP contribution in [0.25, 0.3) is 10.8 Å². The average molecular weight is 296 g/mol. The fourth-order valence-corrected chi connectivity index (χ4v) is 2.79. The van der Waals surface area contributed by atoms with Crippen molar-refractivity contribution in [3.63, 3.8) is 0 Å². The zero-order valence-electron chi connectivity index (χ0n) is 13.1. The molecular formula is C18H20N2O2. The molecule has 4 nitrogen and oxygen atoms in total. The van der Waals surface area contributed by atoms with Crippen molar-refractivity contribution in [2.24, 2.45) is 0 Å². The second-order valence-electron chi connectivity index (χ2n) is 6.36. The number of hydrogen-bond acceptors (Lipinski definition) is 2. The van der Waals surface area contributed by atoms with Gasteiger partial charge in [0.1, 0.15) is 6.54 Å². The fraction of sp³-hybridized carbons (Fsp3) is 0.333. The van der Waals surface area contributed by atoms with E-state index in [2.05, 4.69) is 5.32 Å². The lowest BCUT2D eigenvalue weighted by atomic mass is 10.0. The van der Waals surface area contributed by atoms with Crippen LogP contribution in [0.5, 0.6) is 0 Å². The van der Waals surface area contributed by atoms with Gasteiger partial charge >= 0.3 is 0 Å². The second-order valence-corrected chi connectivity index (χ2v) is 6.36. The summed E-state index contributed by atoms with van der Waals surface area (Å²) in [5, 5.41) is 4.95. The Balaban J connectivity index is 1.90. The summed E-state index contributed by atoms with van der Waals surface area (Å²) in [6.45, 7) is 6.03. The van der Waals surface area contributed by atoms with E-state index in [1.165, 1.54) is 0 Å². The molecule has 0 aromatic heterocycles. The van der Waals surface area contributed by atoms with E-state index in [4.69, 9.17) is 0 Å². The quantitative estimate of drug-likeness (QED) is 0.942. The van der Waals surface area contributed by atoms with Gasteiger partial charge in [0.25, 0.3) is 5.91 Å². The van der Waals surface area contributed by atoms with Crippen LogP contribution in [0.1, 0.15) is 37.6 Å². The van der Waals surface area contributed by atoms with Crippen LogP contribution in [-0.4, -0.2) is 23.9 Å². The number of anilines is 1. The van der Waals surface area contributed by atoms with Gasteiger partial charge in [-0.3, -0.25) is 14.5 Å². The predicted molar refractivity (Wildman–Crippen MR) is 88.1 cm³/mol. The SMILES string of the molecule is CCC(C)(C)NC(=O)CN1C(=O)c2cccc3cccc1c23. The molecule has 0 saturated heterocycles. The lowest BCUT2D eigenvalue weighted by molar-refractivity contribution is -0.121. The van der Waals surface area contributed by atoms with Crippen molar-refractivity contribution in [3.05, 3.63) is 42.0 Å². The molecule has 1 N–H and O–H groups in total. The molecule has 0 aliphatic carbocycles. The zero-order chi connectivity index (χ0) is 15.9. The minimum absolute atomic E-state index is 0.0516. The summed E-state index contributed by atoms with van der Waals surface area (Å²) in [6, 6.07) is 11.5. The standard InChI is InChI=1S/C18H20N2O2/c1-4-18(2,3)19-15(21)11-20-14-10-6-8-12-7-5-9-13(16(12)14)17(20)22/h5-10H,4,11H2,1-3H3,(H,19,21). The number of carbonyl (C=O) groups excluding carboxylic acids is 2. The Morgan fingerprint density at radius 2 is 1.86 bits per heavy atom. The third-order valence-electron chi connectivity index (χ3n) is 4.31. The van der Waals surface area contributed by atoms with Crippen molar-refractivity contribution in [2.75, 3.05) is 11.4 Å². The highest BCUT2D eigenvalue weighted by Gasteiger charge is 2.31. The molecule has 3 rings (SSSR count). The Labute approximate surface area is 130 Å². The normalized spacial score (nSPS) is 13.8. The van der Waals surface area contributed by atoms with Crippen LogP contribution in [0.15, 0.2) is 36.4 Å². The molecule has 4 heteroatoms. The first kappa shape index (κ1) is 14.6. The smallest absolute Gasteiger partial charge is 0.259 e. The third kappa shape index (κ3) is 2.34. The molecule has 0 unspecified atom stereocenters. The van der Waals surface area contributed by atoms with Crippen LogP contribution in [0.3, 0.4) is 0 Å². The van der Waals surface area contributed by atoms with Crippen LogP contribution in [0.4, 0.5) is 5.69 Å². The van der Waals surface area contributed by atoms with Crippen molar-refractivity contribution < 1.29 is 9.59 Å². The van der Waals surface area contributed by atoms with E-state index in [0.717, 1.165) is 22.9 Å². The summed E-state index contributed by atoms with van der Waals surface area (Å²) in [4.78, 5) is 26.4. The fourth-order valence-electron chi connectivity index (χ4n) is 2.79. The van der Waals surface area contributed by atoms with Crippen LogP contribution in [-0.2, 0) is 4.79 Å². The lowest BCUT2D eigenvalue weighted by Crippen LogP contribution is -2.48. The molecule has 2 amide bonds. The maximum atomic E-state index is 12.6. The first-order valence-electron chi connectivity index (χ1n) is 7.57. The zero-order valence-corrected chi connectivity index (χ0v) is 13.1. The maximum absolute atomic E-state index is 12.6. The number of amides is 2. The minimum atomic E-state index is -0.265. The molecule has 1 aliphatic rings. The van der Waals surface area contributed by atoms with Crippen LogP contribution < -0.4 is 10.2 Å². The first-order valence-corrected chi connectivity index (χ1v) is 7.57. The van der Waals surface area contributed by atoms with Gasteiger partial charge in [-0.15, -0.1) is 0 Å². The van der Waals surface area contributed by atoms with E-state index in [1.807, 2.05) is 57.2 Å². The highest BCUT2D eigenvalue weighted by molar-refractivity contribution is 6.26. The Hall–Kier alpha value is -2.36. The molecular weight excluding hydrogens is 276 g/mol. The van der Waals surface area contributed by atoms with E-state index in [0.29, 0.717) is 5.56 Å². The maximum Gasteiger partial charge on any atom is 0.259 e. The van der Waals surface area contributed by atoms with Gasteiger partial charge in [-0.05, 0) is 37.8 Å². The summed E-state index contributed by atoms with van der Waals surface area (Å²) in [6.07, 6.45) is 0.836. The van der Waals surface area contributed by atoms with E-state index < -0.39 is 0 Å². The number of nitrogens with zero attached hydrogens (tertiary/aromatic N) is 1. The monoisotopic (exact) mass is 296 g/mol. The van der Waals surface area contributed by atoms with Gasteiger partial charge in [-0.25, -0.2) is 0 Å². The van der Waals surface area contributed by atoms with Crippen molar-refractivity contribution in [2.45, 2.75) is 32.7 Å². The first-order chi connectivity index (χ1) is 10.4. The van der Waals surface area contributed by atoms with Crippen molar-refractivity contribution in [3.8, 4) is 0 Å². The molecule has 1 aliphatic heterocycles. The summed E-state index contributed by atoms with van der Waals surface area (Å²) in [7, 11) is 0. The number of benzene rings is 2. The number of rotatable bonds is 4. The molecule has 22 heavy (non-hydrogen) atoms. The molecule has 0 bridgehead atoms. The van der Waals surface area contributed by atoms with Crippen LogP contribution >= 0.6 is 0 Å². The topological polar surface area (TPSA) is 49.4 Å². The van der Waals surface area contributed by atoms with Gasteiger partial charge in [0.15, 0.2) is 0 Å². The van der Waals surface area contributed by atoms with Gasteiger partial charge < -0.3 is 5.32 Å². The highest BCUT2D eigenvalue weighted by atomic mass is 16.2. The minimum Gasteiger partial charge on any atom is -0.350 e. The Morgan fingerprint density at radius 1 is 1.18 bits per heavy atom. The van der Waals surface area contributed by atoms with Gasteiger partial charge in [0.2, 0.25) is 5.91 Å². The number of carbonyl (C=O) groups is 2. The van der Waals surface area contributed by atoms with E-state index in [9.17, 15) is 9.59 Å². The summed E-state index contributed by atoms with van der Waals surface area (Å²) >= 11 is 0. The molecule has 0 radical (unpaired) electrons. The predicted octanol–water partition coefficient (Wildman–Crippen LogP) is 3.10. The third-order valence-corrected chi connectivity index (χ3v) is 4.31. The Morgan fingerprint density at radius 3 is 2.55 bits per heavy atom. The number of hydrogen-bond donors (Lipinski definition) is 1. The van der Waals surface area contributed by atoms with Crippen molar-refractivity contribution in [1.82, 2.24) is 5.32 Å². The average Bonchev–Trinajstić information content (AvgIpc) is 2.75. The molecule has 0 fully saturated rings. The summed E-state index contributed by atoms with van der Waals surface area (Å²) in [5.41, 5.74) is 1.23. The molecule has 2 aromatic rings. The highest BCUT2D eigenvalue weighted by Crippen LogP contribution is 2.36. The lowest BCUT2D eigenvalue weighted by Gasteiger charge is -2.26. The van der Waals surface area contributed by atoms with E-state index in [1.54, 1.807) is 4.90 Å². The Bertz CT molecular complexity index is 760. The van der Waals surface area contributed by atoms with E-state index in [-0.39, 0.29) is 23.9 Å². The van der Waals surface area contributed by atoms with E-state index >= 15 is 0 Å². The number of nitrogens with one attached hydrogen (secondary N) is 1. The van der Waals surface area contributed by atoms with Gasteiger partial charge in [-0.1, -0.05) is 31.2 Å². The Kier molecular flexibility index (Phi) is 3.39. The van der Waals surface area contributed by atoms with Crippen molar-refractivity contribution in [1.29, 1.82) is 0 Å². The molecule has 1 heterocycles. The van der Waals surface area contributed by atoms with Gasteiger partial charge in [-0.2, -0.15) is 0 Å². The summed E-state index contributed by atoms with van der Waals surface area (Å²) in [5.74, 6) is -0.235. The molecule has 0 atom stereocenters. The van der Waals surface area contributed by atoms with Gasteiger partial charge in [0, 0.05) is 16.5 Å². The van der Waals surface area contributed by atoms with Crippen molar-refractivity contribution >= 4 is 28.3 Å². The summed E-state index contributed by atoms with van der Waals surface area (Å²) < 4.78 is 0. The molecule has 0 saturated carbocycles. The van der Waals surface area contributed by atoms with Crippen LogP contribution in [0, 0.1) is 0 Å². The van der Waals surface area contributed by atoms with Crippen LogP contribution in [0.2, 0.25) is 0 Å². The largest absolute Gasteiger partial charge is 0.350 e.